The minimum absolute atomic E-state index is 0.0970. The van der Waals surface area contributed by atoms with Crippen LogP contribution in [0.4, 0.5) is 0 Å². The van der Waals surface area contributed by atoms with Crippen LogP contribution < -0.4 is 0 Å². The Morgan fingerprint density at radius 1 is 1.28 bits per heavy atom. The molecule has 1 atom stereocenters. The van der Waals surface area contributed by atoms with Gasteiger partial charge < -0.3 is 9.52 Å². The highest BCUT2D eigenvalue weighted by Crippen LogP contribution is 2.18. The fraction of sp³-hybridized carbons (Fsp3) is 0.0833. The lowest BCUT2D eigenvalue weighted by Gasteiger charge is -2.01. The van der Waals surface area contributed by atoms with E-state index in [2.05, 4.69) is 0 Å². The normalized spacial score (nSPS) is 12.3. The van der Waals surface area contributed by atoms with Crippen molar-refractivity contribution < 1.29 is 18.5 Å². The first-order valence-electron chi connectivity index (χ1n) is 5.01. The second-order valence-corrected chi connectivity index (χ2v) is 5.41. The lowest BCUT2D eigenvalue weighted by molar-refractivity contribution is 0.0661. The third kappa shape index (κ3) is 2.80. The minimum atomic E-state index is -1.33. The number of hydrogen-bond acceptors (Lipinski definition) is 3. The summed E-state index contributed by atoms with van der Waals surface area (Å²) in [5.41, 5.74) is 0.413. The van der Waals surface area contributed by atoms with E-state index in [4.69, 9.17) is 21.1 Å². The van der Waals surface area contributed by atoms with E-state index in [0.29, 0.717) is 15.5 Å². The summed E-state index contributed by atoms with van der Waals surface area (Å²) in [4.78, 5) is 11.4. The molecule has 6 heteroatoms. The summed E-state index contributed by atoms with van der Waals surface area (Å²) >= 11 is 5.73. The van der Waals surface area contributed by atoms with Crippen molar-refractivity contribution in [3.8, 4) is 0 Å². The first-order valence-corrected chi connectivity index (χ1v) is 6.71. The van der Waals surface area contributed by atoms with Gasteiger partial charge in [0.15, 0.2) is 0 Å². The Morgan fingerprint density at radius 3 is 2.56 bits per heavy atom. The molecule has 2 rings (SSSR count). The van der Waals surface area contributed by atoms with Crippen LogP contribution in [0.2, 0.25) is 5.02 Å². The summed E-state index contributed by atoms with van der Waals surface area (Å²) in [5.74, 6) is -1.24. The van der Waals surface area contributed by atoms with Crippen molar-refractivity contribution in [3.63, 3.8) is 0 Å². The van der Waals surface area contributed by atoms with Crippen LogP contribution in [0.5, 0.6) is 0 Å². The fourth-order valence-corrected chi connectivity index (χ4v) is 2.69. The van der Waals surface area contributed by atoms with Crippen molar-refractivity contribution in [3.05, 3.63) is 52.9 Å². The third-order valence-electron chi connectivity index (χ3n) is 2.30. The number of furan rings is 1. The van der Waals surface area contributed by atoms with Crippen molar-refractivity contribution in [2.75, 3.05) is 0 Å². The molecule has 0 amide bonds. The molecule has 1 aromatic heterocycles. The molecule has 0 saturated carbocycles. The largest absolute Gasteiger partial charge is 0.475 e. The van der Waals surface area contributed by atoms with Crippen molar-refractivity contribution >= 4 is 28.4 Å². The molecule has 0 aliphatic carbocycles. The summed E-state index contributed by atoms with van der Waals surface area (Å²) in [7, 11) is -1.33. The van der Waals surface area contributed by atoms with Gasteiger partial charge in [-0.2, -0.15) is 0 Å². The summed E-state index contributed by atoms with van der Waals surface area (Å²) in [6, 6.07) is 8.10. The number of carbonyl (C=O) groups is 1. The van der Waals surface area contributed by atoms with E-state index in [0.717, 1.165) is 0 Å². The molecule has 0 aliphatic heterocycles. The molecule has 1 unspecified atom stereocenters. The van der Waals surface area contributed by atoms with Gasteiger partial charge in [0.25, 0.3) is 0 Å². The van der Waals surface area contributed by atoms with Crippen LogP contribution in [-0.2, 0) is 16.6 Å². The average molecular weight is 285 g/mol. The van der Waals surface area contributed by atoms with Gasteiger partial charge in [0, 0.05) is 15.5 Å². The molecule has 0 aliphatic rings. The molecule has 1 heterocycles. The van der Waals surface area contributed by atoms with Gasteiger partial charge in [-0.15, -0.1) is 0 Å². The first kappa shape index (κ1) is 12.9. The highest BCUT2D eigenvalue weighted by atomic mass is 35.5. The van der Waals surface area contributed by atoms with Crippen LogP contribution in [0.1, 0.15) is 16.1 Å². The predicted octanol–water partition coefficient (Wildman–Crippen LogP) is 2.94. The number of carboxylic acid groups (broad SMARTS) is 1. The van der Waals surface area contributed by atoms with Crippen LogP contribution in [-0.4, -0.2) is 15.3 Å². The van der Waals surface area contributed by atoms with Crippen molar-refractivity contribution in [2.45, 2.75) is 10.6 Å². The van der Waals surface area contributed by atoms with Gasteiger partial charge in [0.1, 0.15) is 0 Å². The van der Waals surface area contributed by atoms with Gasteiger partial charge in [0.2, 0.25) is 5.76 Å². The second-order valence-electron chi connectivity index (χ2n) is 3.52. The smallest absolute Gasteiger partial charge is 0.372 e. The maximum atomic E-state index is 12.0. The van der Waals surface area contributed by atoms with Crippen molar-refractivity contribution in [1.29, 1.82) is 0 Å². The molecule has 0 bridgehead atoms. The SMILES string of the molecule is O=C(O)c1occc1CS(=O)c1ccc(Cl)cc1. The van der Waals surface area contributed by atoms with Crippen LogP contribution in [0.25, 0.3) is 0 Å². The Kier molecular flexibility index (Phi) is 3.84. The Balaban J connectivity index is 2.19. The van der Waals surface area contributed by atoms with E-state index >= 15 is 0 Å². The summed E-state index contributed by atoms with van der Waals surface area (Å²) in [6.45, 7) is 0. The maximum absolute atomic E-state index is 12.0. The zero-order valence-corrected chi connectivity index (χ0v) is 10.7. The standard InChI is InChI=1S/C12H9ClO4S/c13-9-1-3-10(4-2-9)18(16)7-8-5-6-17-11(8)12(14)15/h1-6H,7H2,(H,14,15). The van der Waals surface area contributed by atoms with Gasteiger partial charge >= 0.3 is 5.97 Å². The summed E-state index contributed by atoms with van der Waals surface area (Å²) in [5, 5.41) is 9.42. The molecule has 2 aromatic rings. The average Bonchev–Trinajstić information content (AvgIpc) is 2.78. The zero-order chi connectivity index (χ0) is 13.1. The third-order valence-corrected chi connectivity index (χ3v) is 3.93. The second kappa shape index (κ2) is 5.37. The van der Waals surface area contributed by atoms with E-state index in [1.54, 1.807) is 24.3 Å². The molecule has 1 N–H and O–H groups in total. The summed E-state index contributed by atoms with van der Waals surface area (Å²) < 4.78 is 16.9. The molecule has 94 valence electrons. The van der Waals surface area contributed by atoms with Crippen LogP contribution >= 0.6 is 11.6 Å². The number of aromatic carboxylic acids is 1. The van der Waals surface area contributed by atoms with Gasteiger partial charge in [-0.05, 0) is 30.3 Å². The molecule has 0 spiro atoms. The Bertz CT molecular complexity index is 588. The maximum Gasteiger partial charge on any atom is 0.372 e. The van der Waals surface area contributed by atoms with Crippen LogP contribution in [0.15, 0.2) is 45.9 Å². The number of hydrogen-bond donors (Lipinski definition) is 1. The fourth-order valence-electron chi connectivity index (χ4n) is 1.45. The number of halogens is 1. The van der Waals surface area contributed by atoms with Crippen LogP contribution in [0.3, 0.4) is 0 Å². The number of benzene rings is 1. The monoisotopic (exact) mass is 284 g/mol. The van der Waals surface area contributed by atoms with Gasteiger partial charge in [-0.1, -0.05) is 11.6 Å². The van der Waals surface area contributed by atoms with Gasteiger partial charge in [-0.3, -0.25) is 4.21 Å². The quantitative estimate of drug-likeness (QED) is 0.937. The van der Waals surface area contributed by atoms with Crippen LogP contribution in [0, 0.1) is 0 Å². The number of rotatable bonds is 4. The van der Waals surface area contributed by atoms with E-state index in [1.165, 1.54) is 12.3 Å². The van der Waals surface area contributed by atoms with E-state index in [9.17, 15) is 9.00 Å². The van der Waals surface area contributed by atoms with Crippen molar-refractivity contribution in [2.24, 2.45) is 0 Å². The van der Waals surface area contributed by atoms with Gasteiger partial charge in [0.05, 0.1) is 22.8 Å². The Hall–Kier alpha value is -1.59. The number of carboxylic acids is 1. The van der Waals surface area contributed by atoms with E-state index < -0.39 is 16.8 Å². The molecular formula is C12H9ClO4S. The Morgan fingerprint density at radius 2 is 1.94 bits per heavy atom. The van der Waals surface area contributed by atoms with E-state index in [-0.39, 0.29) is 11.5 Å². The zero-order valence-electron chi connectivity index (χ0n) is 9.13. The molecule has 1 aromatic carbocycles. The lowest BCUT2D eigenvalue weighted by atomic mass is 10.3. The molecule has 18 heavy (non-hydrogen) atoms. The predicted molar refractivity (Wildman–Crippen MR) is 67.2 cm³/mol. The lowest BCUT2D eigenvalue weighted by Crippen LogP contribution is -2.02. The minimum Gasteiger partial charge on any atom is -0.475 e. The molecule has 0 saturated heterocycles. The molecule has 0 radical (unpaired) electrons. The highest BCUT2D eigenvalue weighted by Gasteiger charge is 2.16. The Labute approximate surface area is 111 Å². The van der Waals surface area contributed by atoms with E-state index in [1.807, 2.05) is 0 Å². The van der Waals surface area contributed by atoms with Gasteiger partial charge in [-0.25, -0.2) is 4.79 Å². The molecular weight excluding hydrogens is 276 g/mol. The molecule has 0 fully saturated rings. The summed E-state index contributed by atoms with van der Waals surface area (Å²) in [6.07, 6.45) is 1.28. The first-order chi connectivity index (χ1) is 8.58. The highest BCUT2D eigenvalue weighted by molar-refractivity contribution is 7.84. The molecule has 4 nitrogen and oxygen atoms in total. The topological polar surface area (TPSA) is 67.5 Å². The van der Waals surface area contributed by atoms with Crippen molar-refractivity contribution in [1.82, 2.24) is 0 Å².